The van der Waals surface area contributed by atoms with Crippen molar-refractivity contribution in [3.63, 3.8) is 0 Å². The minimum absolute atomic E-state index is 0.0581. The summed E-state index contributed by atoms with van der Waals surface area (Å²) in [6.07, 6.45) is -3.27. The first kappa shape index (κ1) is 19.6. The quantitative estimate of drug-likeness (QED) is 0.684. The number of hydrogen-bond acceptors (Lipinski definition) is 5. The van der Waals surface area contributed by atoms with E-state index >= 15 is 0 Å². The Bertz CT molecular complexity index is 1160. The van der Waals surface area contributed by atoms with Crippen molar-refractivity contribution in [2.24, 2.45) is 0 Å². The van der Waals surface area contributed by atoms with Crippen LogP contribution in [-0.4, -0.2) is 38.1 Å². The molecule has 0 aliphatic carbocycles. The second-order valence-electron chi connectivity index (χ2n) is 6.60. The zero-order chi connectivity index (χ0) is 21.5. The summed E-state index contributed by atoms with van der Waals surface area (Å²) in [5.41, 5.74) is -0.0535. The third kappa shape index (κ3) is 3.73. The molecule has 2 aromatic heterocycles. The first-order valence-electron chi connectivity index (χ1n) is 8.91. The molecular weight excluding hydrogens is 401 g/mol. The van der Waals surface area contributed by atoms with Crippen molar-refractivity contribution in [2.75, 3.05) is 11.9 Å². The van der Waals surface area contributed by atoms with Gasteiger partial charge in [-0.3, -0.25) is 14.3 Å². The largest absolute Gasteiger partial charge is 0.418 e. The van der Waals surface area contributed by atoms with Gasteiger partial charge in [0.1, 0.15) is 11.4 Å². The van der Waals surface area contributed by atoms with Crippen LogP contribution in [0.5, 0.6) is 0 Å². The second kappa shape index (κ2) is 7.25. The number of rotatable bonds is 3. The number of benzene rings is 1. The predicted octanol–water partition coefficient (Wildman–Crippen LogP) is 2.73. The van der Waals surface area contributed by atoms with E-state index in [1.54, 1.807) is 16.8 Å². The molecule has 11 heteroatoms. The van der Waals surface area contributed by atoms with Gasteiger partial charge in [0.25, 0.3) is 5.91 Å². The Hall–Kier alpha value is -3.76. The van der Waals surface area contributed by atoms with E-state index in [1.165, 1.54) is 12.3 Å². The molecule has 1 aromatic carbocycles. The molecule has 2 amide bonds. The molecule has 0 radical (unpaired) electrons. The molecular formula is C19H15F3N6O2. The summed E-state index contributed by atoms with van der Waals surface area (Å²) in [5.74, 6) is -0.806. The van der Waals surface area contributed by atoms with Crippen LogP contribution >= 0.6 is 0 Å². The molecule has 3 heterocycles. The van der Waals surface area contributed by atoms with Crippen molar-refractivity contribution in [3.05, 3.63) is 47.8 Å². The fourth-order valence-electron chi connectivity index (χ4n) is 3.12. The Labute approximate surface area is 168 Å². The molecule has 0 saturated carbocycles. The van der Waals surface area contributed by atoms with Gasteiger partial charge in [-0.25, -0.2) is 9.97 Å². The number of amides is 2. The average Bonchev–Trinajstić information content (AvgIpc) is 3.13. The first-order chi connectivity index (χ1) is 14.2. The van der Waals surface area contributed by atoms with Crippen LogP contribution in [0.1, 0.15) is 23.0 Å². The second-order valence-corrected chi connectivity index (χ2v) is 6.60. The number of anilines is 1. The van der Waals surface area contributed by atoms with E-state index in [-0.39, 0.29) is 23.0 Å². The zero-order valence-corrected chi connectivity index (χ0v) is 15.6. The van der Waals surface area contributed by atoms with Crippen LogP contribution in [-0.2, 0) is 17.5 Å². The number of hydrogen-bond donors (Lipinski definition) is 2. The van der Waals surface area contributed by atoms with Gasteiger partial charge in [0.05, 0.1) is 23.5 Å². The van der Waals surface area contributed by atoms with Gasteiger partial charge in [0.2, 0.25) is 5.91 Å². The number of carbonyl (C=O) groups excluding carboxylic acids is 2. The molecule has 0 unspecified atom stereocenters. The lowest BCUT2D eigenvalue weighted by Gasteiger charge is -2.14. The van der Waals surface area contributed by atoms with E-state index in [1.807, 2.05) is 0 Å². The third-order valence-corrected chi connectivity index (χ3v) is 4.43. The highest BCUT2D eigenvalue weighted by Gasteiger charge is 2.34. The Morgan fingerprint density at radius 3 is 2.70 bits per heavy atom. The van der Waals surface area contributed by atoms with E-state index in [4.69, 9.17) is 0 Å². The lowest BCUT2D eigenvalue weighted by atomic mass is 10.1. The van der Waals surface area contributed by atoms with E-state index in [9.17, 15) is 22.8 Å². The highest BCUT2D eigenvalue weighted by atomic mass is 19.4. The number of fused-ring (bicyclic) bond motifs is 1. The fourth-order valence-corrected chi connectivity index (χ4v) is 3.12. The van der Waals surface area contributed by atoms with Crippen molar-refractivity contribution < 1.29 is 22.8 Å². The van der Waals surface area contributed by atoms with Gasteiger partial charge in [-0.1, -0.05) is 0 Å². The van der Waals surface area contributed by atoms with Crippen LogP contribution in [0.4, 0.5) is 18.9 Å². The molecule has 1 aliphatic heterocycles. The lowest BCUT2D eigenvalue weighted by Crippen LogP contribution is -2.35. The van der Waals surface area contributed by atoms with Gasteiger partial charge in [0, 0.05) is 25.2 Å². The first-order valence-corrected chi connectivity index (χ1v) is 8.91. The van der Waals surface area contributed by atoms with Crippen LogP contribution in [0, 0.1) is 0 Å². The van der Waals surface area contributed by atoms with E-state index in [0.29, 0.717) is 30.2 Å². The Morgan fingerprint density at radius 2 is 2.00 bits per heavy atom. The molecule has 0 bridgehead atoms. The van der Waals surface area contributed by atoms with E-state index in [0.717, 1.165) is 19.1 Å². The third-order valence-electron chi connectivity index (χ3n) is 4.43. The summed E-state index contributed by atoms with van der Waals surface area (Å²) >= 11 is 0. The number of alkyl halides is 3. The summed E-state index contributed by atoms with van der Waals surface area (Å²) in [5, 5.41) is 9.24. The van der Waals surface area contributed by atoms with Crippen LogP contribution in [0.25, 0.3) is 22.8 Å². The van der Waals surface area contributed by atoms with Crippen molar-refractivity contribution in [2.45, 2.75) is 19.6 Å². The van der Waals surface area contributed by atoms with Crippen molar-refractivity contribution in [1.82, 2.24) is 25.1 Å². The molecule has 0 atom stereocenters. The maximum atomic E-state index is 13.5. The van der Waals surface area contributed by atoms with Gasteiger partial charge in [-0.15, -0.1) is 0 Å². The summed E-state index contributed by atoms with van der Waals surface area (Å²) in [7, 11) is 0. The van der Waals surface area contributed by atoms with Crippen LogP contribution in [0.3, 0.4) is 0 Å². The lowest BCUT2D eigenvalue weighted by molar-refractivity contribution is -0.136. The van der Waals surface area contributed by atoms with Gasteiger partial charge >= 0.3 is 6.18 Å². The minimum atomic E-state index is -4.68. The molecule has 0 fully saturated rings. The molecule has 30 heavy (non-hydrogen) atoms. The maximum absolute atomic E-state index is 13.5. The summed E-state index contributed by atoms with van der Waals surface area (Å²) in [6.45, 7) is 2.10. The number of aromatic nitrogens is 4. The number of carbonyl (C=O) groups is 2. The van der Waals surface area contributed by atoms with Crippen molar-refractivity contribution in [3.8, 4) is 22.8 Å². The molecule has 1 aliphatic rings. The molecule has 8 nitrogen and oxygen atoms in total. The van der Waals surface area contributed by atoms with E-state index < -0.39 is 17.6 Å². The van der Waals surface area contributed by atoms with Gasteiger partial charge in [0.15, 0.2) is 5.82 Å². The summed E-state index contributed by atoms with van der Waals surface area (Å²) < 4.78 is 41.9. The Kier molecular flexibility index (Phi) is 4.72. The number of halogens is 3. The van der Waals surface area contributed by atoms with Gasteiger partial charge in [-0.05, 0) is 30.3 Å². The van der Waals surface area contributed by atoms with Crippen molar-refractivity contribution >= 4 is 17.5 Å². The van der Waals surface area contributed by atoms with Gasteiger partial charge in [-0.2, -0.15) is 18.3 Å². The maximum Gasteiger partial charge on any atom is 0.418 e. The highest BCUT2D eigenvalue weighted by molar-refractivity contribution is 5.94. The van der Waals surface area contributed by atoms with Crippen LogP contribution < -0.4 is 10.6 Å². The smallest absolute Gasteiger partial charge is 0.349 e. The van der Waals surface area contributed by atoms with E-state index in [2.05, 4.69) is 25.7 Å². The molecule has 4 rings (SSSR count). The molecule has 0 saturated heterocycles. The standard InChI is InChI=1S/C19H15F3N6O2/c1-10(29)25-13-3-2-11(8-12(13)19(20,21)22)17-23-5-4-14(26-17)15-9-16-18(30)24-6-7-28(16)27-15/h2-5,8-9H,6-7H2,1H3,(H,24,30)(H,25,29). The van der Waals surface area contributed by atoms with Crippen LogP contribution in [0.2, 0.25) is 0 Å². The monoisotopic (exact) mass is 416 g/mol. The fraction of sp³-hybridized carbons (Fsp3) is 0.211. The van der Waals surface area contributed by atoms with Gasteiger partial charge < -0.3 is 10.6 Å². The molecule has 2 N–H and O–H groups in total. The topological polar surface area (TPSA) is 102 Å². The Morgan fingerprint density at radius 1 is 1.20 bits per heavy atom. The Balaban J connectivity index is 1.74. The SMILES string of the molecule is CC(=O)Nc1ccc(-c2nccc(-c3cc4n(n3)CCNC4=O)n2)cc1C(F)(F)F. The van der Waals surface area contributed by atoms with Crippen LogP contribution in [0.15, 0.2) is 36.5 Å². The predicted molar refractivity (Wildman–Crippen MR) is 100 cm³/mol. The minimum Gasteiger partial charge on any atom is -0.349 e. The average molecular weight is 416 g/mol. The summed E-state index contributed by atoms with van der Waals surface area (Å²) in [6, 6.07) is 6.57. The van der Waals surface area contributed by atoms with Crippen molar-refractivity contribution in [1.29, 1.82) is 0 Å². The highest BCUT2D eigenvalue weighted by Crippen LogP contribution is 2.37. The normalized spacial score (nSPS) is 13.5. The number of nitrogens with one attached hydrogen (secondary N) is 2. The summed E-state index contributed by atoms with van der Waals surface area (Å²) in [4.78, 5) is 31.5. The molecule has 154 valence electrons. The molecule has 3 aromatic rings. The zero-order valence-electron chi connectivity index (χ0n) is 15.6. The molecule has 0 spiro atoms. The number of nitrogens with zero attached hydrogens (tertiary/aromatic N) is 4.